The second-order valence-corrected chi connectivity index (χ2v) is 6.85. The Labute approximate surface area is 153 Å². The van der Waals surface area contributed by atoms with Gasteiger partial charge in [-0.3, -0.25) is 9.78 Å². The molecule has 1 aliphatic heterocycles. The van der Waals surface area contributed by atoms with Gasteiger partial charge in [0.25, 0.3) is 0 Å². The molecular formula is C20H24FN3O2. The van der Waals surface area contributed by atoms with E-state index in [9.17, 15) is 9.18 Å². The number of nitrogens with one attached hydrogen (secondary N) is 1. The highest BCUT2D eigenvalue weighted by molar-refractivity contribution is 5.78. The van der Waals surface area contributed by atoms with Crippen LogP contribution in [0.25, 0.3) is 11.3 Å². The van der Waals surface area contributed by atoms with Crippen LogP contribution in [-0.4, -0.2) is 28.5 Å². The molecule has 0 bridgehead atoms. The van der Waals surface area contributed by atoms with E-state index in [1.807, 2.05) is 27.7 Å². The Morgan fingerprint density at radius 1 is 1.42 bits per heavy atom. The Morgan fingerprint density at radius 2 is 2.19 bits per heavy atom. The van der Waals surface area contributed by atoms with Gasteiger partial charge in [-0.1, -0.05) is 13.8 Å². The van der Waals surface area contributed by atoms with E-state index in [2.05, 4.69) is 15.3 Å². The molecule has 1 aliphatic rings. The van der Waals surface area contributed by atoms with Gasteiger partial charge in [-0.25, -0.2) is 9.37 Å². The molecule has 1 amide bonds. The lowest BCUT2D eigenvalue weighted by Crippen LogP contribution is -2.37. The second kappa shape index (κ2) is 7.40. The summed E-state index contributed by atoms with van der Waals surface area (Å²) < 4.78 is 20.3. The predicted molar refractivity (Wildman–Crippen MR) is 97.5 cm³/mol. The molecule has 1 N–H and O–H groups in total. The summed E-state index contributed by atoms with van der Waals surface area (Å²) in [5, 5.41) is 2.89. The second-order valence-electron chi connectivity index (χ2n) is 6.85. The number of fused-ring (bicyclic) bond motifs is 1. The highest BCUT2D eigenvalue weighted by atomic mass is 19.1. The summed E-state index contributed by atoms with van der Waals surface area (Å²) in [7, 11) is 0. The van der Waals surface area contributed by atoms with Crippen molar-refractivity contribution in [2.45, 2.75) is 46.6 Å². The van der Waals surface area contributed by atoms with E-state index in [4.69, 9.17) is 4.74 Å². The normalized spacial score (nSPS) is 16.7. The summed E-state index contributed by atoms with van der Waals surface area (Å²) in [6.45, 7) is 7.95. The van der Waals surface area contributed by atoms with Crippen LogP contribution in [0.4, 0.5) is 4.39 Å². The minimum absolute atomic E-state index is 0.00635. The van der Waals surface area contributed by atoms with E-state index in [0.717, 1.165) is 23.4 Å². The fraction of sp³-hybridized carbons (Fsp3) is 0.450. The Hall–Kier alpha value is -2.50. The average Bonchev–Trinajstić information content (AvgIpc) is 3.06. The van der Waals surface area contributed by atoms with Gasteiger partial charge in [0.2, 0.25) is 5.91 Å². The molecule has 0 aliphatic carbocycles. The summed E-state index contributed by atoms with van der Waals surface area (Å²) in [4.78, 5) is 20.9. The molecule has 3 rings (SSSR count). The van der Waals surface area contributed by atoms with Crippen LogP contribution in [0.1, 0.15) is 37.2 Å². The van der Waals surface area contributed by atoms with E-state index >= 15 is 0 Å². The molecule has 138 valence electrons. The third-order valence-corrected chi connectivity index (χ3v) is 4.81. The van der Waals surface area contributed by atoms with Gasteiger partial charge in [0.1, 0.15) is 17.7 Å². The number of rotatable bonds is 5. The third kappa shape index (κ3) is 3.54. The SMILES string of the molecule is CCC(C)C(=O)NCC1Cc2c(F)ccc(-c3nc(C)cnc3C)c2O1. The first-order chi connectivity index (χ1) is 12.4. The van der Waals surface area contributed by atoms with Crippen LogP contribution in [0.5, 0.6) is 5.75 Å². The molecular weight excluding hydrogens is 333 g/mol. The van der Waals surface area contributed by atoms with Crippen molar-refractivity contribution in [3.8, 4) is 17.0 Å². The molecule has 1 aromatic carbocycles. The lowest BCUT2D eigenvalue weighted by Gasteiger charge is -2.15. The molecule has 1 aromatic heterocycles. The smallest absolute Gasteiger partial charge is 0.222 e. The fourth-order valence-corrected chi connectivity index (χ4v) is 3.03. The van der Waals surface area contributed by atoms with Crippen molar-refractivity contribution < 1.29 is 13.9 Å². The van der Waals surface area contributed by atoms with Gasteiger partial charge in [-0.2, -0.15) is 0 Å². The predicted octanol–water partition coefficient (Wildman–Crippen LogP) is 3.37. The minimum atomic E-state index is -0.294. The van der Waals surface area contributed by atoms with Crippen LogP contribution in [0, 0.1) is 25.6 Å². The Bertz CT molecular complexity index is 838. The van der Waals surface area contributed by atoms with Crippen molar-refractivity contribution in [1.82, 2.24) is 15.3 Å². The van der Waals surface area contributed by atoms with Gasteiger partial charge in [0.15, 0.2) is 0 Å². The van der Waals surface area contributed by atoms with Crippen LogP contribution in [0.3, 0.4) is 0 Å². The molecule has 26 heavy (non-hydrogen) atoms. The molecule has 2 unspecified atom stereocenters. The van der Waals surface area contributed by atoms with Gasteiger partial charge in [-0.05, 0) is 32.4 Å². The standard InChI is InChI=1S/C20H24FN3O2/c1-5-11(2)20(25)23-10-14-8-16-17(21)7-6-15(19(16)26-14)18-13(4)22-9-12(3)24-18/h6-7,9,11,14H,5,8,10H2,1-4H3,(H,23,25). The van der Waals surface area contributed by atoms with Crippen LogP contribution in [0.2, 0.25) is 0 Å². The fourth-order valence-electron chi connectivity index (χ4n) is 3.03. The van der Waals surface area contributed by atoms with Crippen molar-refractivity contribution in [3.05, 3.63) is 41.1 Å². The molecule has 0 fully saturated rings. The van der Waals surface area contributed by atoms with E-state index in [-0.39, 0.29) is 23.7 Å². The maximum absolute atomic E-state index is 14.3. The van der Waals surface area contributed by atoms with Crippen molar-refractivity contribution in [2.24, 2.45) is 5.92 Å². The van der Waals surface area contributed by atoms with Gasteiger partial charge in [-0.15, -0.1) is 0 Å². The Morgan fingerprint density at radius 3 is 2.92 bits per heavy atom. The van der Waals surface area contributed by atoms with Crippen molar-refractivity contribution >= 4 is 5.91 Å². The minimum Gasteiger partial charge on any atom is -0.487 e. The molecule has 2 atom stereocenters. The van der Waals surface area contributed by atoms with Crippen molar-refractivity contribution in [1.29, 1.82) is 0 Å². The summed E-state index contributed by atoms with van der Waals surface area (Å²) in [6.07, 6.45) is 2.62. The van der Waals surface area contributed by atoms with Crippen molar-refractivity contribution in [2.75, 3.05) is 6.54 Å². The monoisotopic (exact) mass is 357 g/mol. The number of hydrogen-bond donors (Lipinski definition) is 1. The first-order valence-corrected chi connectivity index (χ1v) is 8.97. The zero-order chi connectivity index (χ0) is 18.8. The number of ether oxygens (including phenoxy) is 1. The van der Waals surface area contributed by atoms with Gasteiger partial charge < -0.3 is 10.1 Å². The number of carbonyl (C=O) groups excluding carboxylic acids is 1. The number of benzene rings is 1. The number of halogens is 1. The first kappa shape index (κ1) is 18.3. The lowest BCUT2D eigenvalue weighted by molar-refractivity contribution is -0.124. The van der Waals surface area contributed by atoms with Crippen molar-refractivity contribution in [3.63, 3.8) is 0 Å². The number of nitrogens with zero attached hydrogens (tertiary/aromatic N) is 2. The molecule has 0 spiro atoms. The van der Waals surface area contributed by atoms with Gasteiger partial charge in [0, 0.05) is 29.7 Å². The Kier molecular flexibility index (Phi) is 5.20. The molecule has 5 nitrogen and oxygen atoms in total. The van der Waals surface area contributed by atoms with E-state index in [1.54, 1.807) is 12.3 Å². The number of aromatic nitrogens is 2. The molecule has 2 aromatic rings. The van der Waals surface area contributed by atoms with Gasteiger partial charge >= 0.3 is 0 Å². The van der Waals surface area contributed by atoms with E-state index < -0.39 is 0 Å². The molecule has 0 saturated carbocycles. The summed E-state index contributed by atoms with van der Waals surface area (Å²) >= 11 is 0. The summed E-state index contributed by atoms with van der Waals surface area (Å²) in [5.41, 5.74) is 3.53. The maximum atomic E-state index is 14.3. The maximum Gasteiger partial charge on any atom is 0.222 e. The molecule has 0 radical (unpaired) electrons. The van der Waals surface area contributed by atoms with E-state index in [0.29, 0.717) is 30.0 Å². The van der Waals surface area contributed by atoms with Crippen LogP contribution >= 0.6 is 0 Å². The topological polar surface area (TPSA) is 64.1 Å². The zero-order valence-corrected chi connectivity index (χ0v) is 15.6. The highest BCUT2D eigenvalue weighted by Crippen LogP contribution is 2.40. The van der Waals surface area contributed by atoms with Crippen LogP contribution in [-0.2, 0) is 11.2 Å². The number of amides is 1. The average molecular weight is 357 g/mol. The first-order valence-electron chi connectivity index (χ1n) is 8.97. The van der Waals surface area contributed by atoms with Gasteiger partial charge in [0.05, 0.1) is 23.6 Å². The Balaban J connectivity index is 1.84. The summed E-state index contributed by atoms with van der Waals surface area (Å²) in [5.74, 6) is 0.165. The molecule has 6 heteroatoms. The summed E-state index contributed by atoms with van der Waals surface area (Å²) in [6, 6.07) is 3.13. The number of hydrogen-bond acceptors (Lipinski definition) is 4. The van der Waals surface area contributed by atoms with Crippen LogP contribution in [0.15, 0.2) is 18.3 Å². The number of carbonyl (C=O) groups is 1. The van der Waals surface area contributed by atoms with E-state index in [1.165, 1.54) is 6.07 Å². The lowest BCUT2D eigenvalue weighted by atomic mass is 10.0. The highest BCUT2D eigenvalue weighted by Gasteiger charge is 2.30. The molecule has 0 saturated heterocycles. The third-order valence-electron chi connectivity index (χ3n) is 4.81. The quantitative estimate of drug-likeness (QED) is 0.891. The van der Waals surface area contributed by atoms with Crippen LogP contribution < -0.4 is 10.1 Å². The largest absolute Gasteiger partial charge is 0.487 e. The zero-order valence-electron chi connectivity index (χ0n) is 15.6. The molecule has 2 heterocycles. The number of aryl methyl sites for hydroxylation is 2.